The van der Waals surface area contributed by atoms with Crippen molar-refractivity contribution in [2.75, 3.05) is 0 Å². The normalized spacial score (nSPS) is 17.6. The molecule has 1 atom stereocenters. The van der Waals surface area contributed by atoms with Crippen molar-refractivity contribution in [3.05, 3.63) is 11.8 Å². The zero-order valence-electron chi connectivity index (χ0n) is 6.26. The summed E-state index contributed by atoms with van der Waals surface area (Å²) in [5.74, 6) is 0. The van der Waals surface area contributed by atoms with Crippen molar-refractivity contribution in [3.8, 4) is 6.07 Å². The smallest absolute Gasteiger partial charge is 0.101 e. The second-order valence-electron chi connectivity index (χ2n) is 2.36. The Hall–Kier alpha value is -1.01. The highest BCUT2D eigenvalue weighted by Gasteiger charge is 2.20. The van der Waals surface area contributed by atoms with Gasteiger partial charge < -0.3 is 10.8 Å². The molecule has 3 nitrogen and oxygen atoms in total. The minimum absolute atomic E-state index is 0.220. The lowest BCUT2D eigenvalue weighted by Crippen LogP contribution is -2.30. The quantitative estimate of drug-likeness (QED) is 0.549. The fourth-order valence-corrected chi connectivity index (χ4v) is 0.429. The third kappa shape index (κ3) is 2.08. The molecular weight excluding hydrogens is 128 g/mol. The van der Waals surface area contributed by atoms with Crippen LogP contribution in [-0.2, 0) is 0 Å². The summed E-state index contributed by atoms with van der Waals surface area (Å²) >= 11 is 0. The van der Waals surface area contributed by atoms with Gasteiger partial charge in [-0.05, 0) is 13.3 Å². The van der Waals surface area contributed by atoms with Crippen LogP contribution >= 0.6 is 0 Å². The molecule has 0 radical (unpaired) electrons. The summed E-state index contributed by atoms with van der Waals surface area (Å²) in [5.41, 5.74) is 4.55. The lowest BCUT2D eigenvalue weighted by molar-refractivity contribution is 0.0930. The van der Waals surface area contributed by atoms with Gasteiger partial charge in [0.05, 0.1) is 11.8 Å². The van der Waals surface area contributed by atoms with E-state index in [1.807, 2.05) is 0 Å². The van der Waals surface area contributed by atoms with Crippen molar-refractivity contribution in [1.29, 1.82) is 5.26 Å². The van der Waals surface area contributed by atoms with Crippen LogP contribution < -0.4 is 5.73 Å². The molecule has 3 heteroatoms. The van der Waals surface area contributed by atoms with Crippen LogP contribution in [-0.4, -0.2) is 10.7 Å². The zero-order chi connectivity index (χ0) is 8.20. The molecule has 0 saturated heterocycles. The number of aliphatic hydroxyl groups is 1. The fraction of sp³-hybridized carbons (Fsp3) is 0.571. The van der Waals surface area contributed by atoms with Gasteiger partial charge in [0.2, 0.25) is 0 Å². The molecule has 0 aromatic rings. The molecule has 0 heterocycles. The van der Waals surface area contributed by atoms with E-state index >= 15 is 0 Å². The van der Waals surface area contributed by atoms with Crippen molar-refractivity contribution in [2.24, 2.45) is 5.73 Å². The maximum Gasteiger partial charge on any atom is 0.101 e. The minimum Gasteiger partial charge on any atom is -0.399 e. The third-order valence-corrected chi connectivity index (χ3v) is 1.53. The van der Waals surface area contributed by atoms with E-state index in [4.69, 9.17) is 11.0 Å². The van der Waals surface area contributed by atoms with Gasteiger partial charge in [-0.25, -0.2) is 0 Å². The van der Waals surface area contributed by atoms with Crippen molar-refractivity contribution in [1.82, 2.24) is 0 Å². The maximum absolute atomic E-state index is 9.38. The molecule has 0 rings (SSSR count). The monoisotopic (exact) mass is 140 g/mol. The molecule has 0 aliphatic carbocycles. The molecule has 0 spiro atoms. The molecule has 56 valence electrons. The Morgan fingerprint density at radius 3 is 2.70 bits per heavy atom. The van der Waals surface area contributed by atoms with E-state index in [2.05, 4.69) is 0 Å². The first-order chi connectivity index (χ1) is 4.54. The molecule has 0 aliphatic heterocycles. The van der Waals surface area contributed by atoms with Gasteiger partial charge in [0.1, 0.15) is 5.60 Å². The highest BCUT2D eigenvalue weighted by molar-refractivity contribution is 5.18. The summed E-state index contributed by atoms with van der Waals surface area (Å²) in [7, 11) is 0. The van der Waals surface area contributed by atoms with E-state index in [9.17, 15) is 5.11 Å². The molecule has 1 unspecified atom stereocenters. The minimum atomic E-state index is -1.03. The Bertz CT molecular complexity index is 177. The van der Waals surface area contributed by atoms with Crippen LogP contribution in [0.15, 0.2) is 11.8 Å². The van der Waals surface area contributed by atoms with Crippen LogP contribution in [0.1, 0.15) is 20.3 Å². The molecule has 0 aromatic carbocycles. The van der Waals surface area contributed by atoms with Gasteiger partial charge in [0.15, 0.2) is 0 Å². The van der Waals surface area contributed by atoms with Crippen LogP contribution in [0.25, 0.3) is 0 Å². The van der Waals surface area contributed by atoms with Gasteiger partial charge in [-0.3, -0.25) is 0 Å². The summed E-state index contributed by atoms with van der Waals surface area (Å²) in [6, 6.07) is 1.76. The number of nitrogens with two attached hydrogens (primary N) is 1. The number of nitriles is 1. The van der Waals surface area contributed by atoms with Crippen LogP contribution in [0.2, 0.25) is 0 Å². The van der Waals surface area contributed by atoms with E-state index in [1.165, 1.54) is 0 Å². The molecule has 3 N–H and O–H groups in total. The van der Waals surface area contributed by atoms with Crippen molar-refractivity contribution in [2.45, 2.75) is 25.9 Å². The van der Waals surface area contributed by atoms with E-state index in [0.717, 1.165) is 6.08 Å². The van der Waals surface area contributed by atoms with Crippen molar-refractivity contribution < 1.29 is 5.11 Å². The Balaban J connectivity index is 4.35. The number of allylic oxidation sites excluding steroid dienone is 1. The lowest BCUT2D eigenvalue weighted by atomic mass is 10.00. The molecule has 0 aliphatic rings. The number of nitrogens with zero attached hydrogens (tertiary/aromatic N) is 1. The summed E-state index contributed by atoms with van der Waals surface area (Å²) in [6.45, 7) is 3.38. The topological polar surface area (TPSA) is 70.0 Å². The van der Waals surface area contributed by atoms with Crippen LogP contribution in [0, 0.1) is 11.3 Å². The Morgan fingerprint density at radius 2 is 2.40 bits per heavy atom. The maximum atomic E-state index is 9.38. The van der Waals surface area contributed by atoms with Crippen LogP contribution in [0.3, 0.4) is 0 Å². The van der Waals surface area contributed by atoms with Gasteiger partial charge in [0.25, 0.3) is 0 Å². The Kier molecular flexibility index (Phi) is 2.91. The van der Waals surface area contributed by atoms with Crippen LogP contribution in [0.5, 0.6) is 0 Å². The van der Waals surface area contributed by atoms with Gasteiger partial charge in [-0.1, -0.05) is 6.92 Å². The van der Waals surface area contributed by atoms with Gasteiger partial charge >= 0.3 is 0 Å². The highest BCUT2D eigenvalue weighted by atomic mass is 16.3. The molecule has 10 heavy (non-hydrogen) atoms. The third-order valence-electron chi connectivity index (χ3n) is 1.53. The number of hydrogen-bond acceptors (Lipinski definition) is 3. The molecular formula is C7H12N2O. The Morgan fingerprint density at radius 1 is 1.90 bits per heavy atom. The standard InChI is InChI=1S/C7H12N2O/c1-3-7(2,10)6(9)4-5-8/h4,10H,3,9H2,1-2H3/b6-4-. The van der Waals surface area contributed by atoms with Gasteiger partial charge in [-0.15, -0.1) is 0 Å². The highest BCUT2D eigenvalue weighted by Crippen LogP contribution is 2.14. The average molecular weight is 140 g/mol. The predicted molar refractivity (Wildman–Crippen MR) is 38.8 cm³/mol. The van der Waals surface area contributed by atoms with E-state index < -0.39 is 5.60 Å². The number of rotatable bonds is 2. The first-order valence-corrected chi connectivity index (χ1v) is 3.12. The lowest BCUT2D eigenvalue weighted by Gasteiger charge is -2.20. The van der Waals surface area contributed by atoms with Gasteiger partial charge in [0, 0.05) is 6.08 Å². The van der Waals surface area contributed by atoms with E-state index in [0.29, 0.717) is 6.42 Å². The first-order valence-electron chi connectivity index (χ1n) is 3.12. The summed E-state index contributed by atoms with van der Waals surface area (Å²) in [4.78, 5) is 0. The summed E-state index contributed by atoms with van der Waals surface area (Å²) in [6.07, 6.45) is 1.67. The predicted octanol–water partition coefficient (Wildman–Crippen LogP) is 0.514. The summed E-state index contributed by atoms with van der Waals surface area (Å²) in [5, 5.41) is 17.6. The molecule has 0 saturated carbocycles. The van der Waals surface area contributed by atoms with E-state index in [-0.39, 0.29) is 5.70 Å². The SMILES string of the molecule is CCC(C)(O)/C(N)=C/C#N. The molecule has 0 amide bonds. The second kappa shape index (κ2) is 3.23. The van der Waals surface area contributed by atoms with E-state index in [1.54, 1.807) is 19.9 Å². The largest absolute Gasteiger partial charge is 0.399 e. The fourth-order valence-electron chi connectivity index (χ4n) is 0.429. The Labute approximate surface area is 60.8 Å². The zero-order valence-corrected chi connectivity index (χ0v) is 6.26. The average Bonchev–Trinajstić information content (AvgIpc) is 1.89. The van der Waals surface area contributed by atoms with Crippen molar-refractivity contribution >= 4 is 0 Å². The molecule has 0 fully saturated rings. The van der Waals surface area contributed by atoms with Gasteiger partial charge in [-0.2, -0.15) is 5.26 Å². The molecule has 0 aromatic heterocycles. The van der Waals surface area contributed by atoms with Crippen LogP contribution in [0.4, 0.5) is 0 Å². The van der Waals surface area contributed by atoms with Crippen molar-refractivity contribution in [3.63, 3.8) is 0 Å². The number of hydrogen-bond donors (Lipinski definition) is 2. The second-order valence-corrected chi connectivity index (χ2v) is 2.36. The summed E-state index contributed by atoms with van der Waals surface area (Å²) < 4.78 is 0. The molecule has 0 bridgehead atoms. The first kappa shape index (κ1) is 8.99.